The molecule has 2 aliphatic heterocycles. The summed E-state index contributed by atoms with van der Waals surface area (Å²) in [6.07, 6.45) is 12.6. The fraction of sp³-hybridized carbons (Fsp3) is 0.459. The van der Waals surface area contributed by atoms with Crippen LogP contribution in [0.3, 0.4) is 0 Å². The second-order valence-corrected chi connectivity index (χ2v) is 12.4. The van der Waals surface area contributed by atoms with E-state index in [1.807, 2.05) is 67.6 Å². The Morgan fingerprint density at radius 1 is 0.936 bits per heavy atom. The Morgan fingerprint density at radius 3 is 2.53 bits per heavy atom. The summed E-state index contributed by atoms with van der Waals surface area (Å²) in [5.74, 6) is 1.44. The van der Waals surface area contributed by atoms with Crippen LogP contribution >= 0.6 is 0 Å². The molecule has 4 heterocycles. The maximum atomic E-state index is 12.6. The summed E-state index contributed by atoms with van der Waals surface area (Å²) in [6, 6.07) is 16.4. The van der Waals surface area contributed by atoms with Crippen molar-refractivity contribution in [1.29, 1.82) is 0 Å². The van der Waals surface area contributed by atoms with Gasteiger partial charge in [0.25, 0.3) is 0 Å². The maximum absolute atomic E-state index is 12.6. The molecule has 0 atom stereocenters. The van der Waals surface area contributed by atoms with Gasteiger partial charge in [-0.2, -0.15) is 0 Å². The number of rotatable bonds is 14. The van der Waals surface area contributed by atoms with E-state index >= 15 is 0 Å². The number of likely N-dealkylation sites (tertiary alicyclic amines) is 2. The van der Waals surface area contributed by atoms with Gasteiger partial charge in [0.15, 0.2) is 17.3 Å². The molecule has 2 saturated heterocycles. The van der Waals surface area contributed by atoms with Crippen molar-refractivity contribution in [2.24, 2.45) is 0 Å². The van der Waals surface area contributed by atoms with Crippen LogP contribution in [0.4, 0.5) is 0 Å². The summed E-state index contributed by atoms with van der Waals surface area (Å²) >= 11 is 0. The SMILES string of the molecule is CCOc1cc(CCc2oc(=O)n(CCN3CCC(N4CCCCC4)CC3)c2O)ccc1OCc1coc(C=Cc2ccccc2)n1. The molecule has 47 heavy (non-hydrogen) atoms. The molecule has 6 rings (SSSR count). The maximum Gasteiger partial charge on any atom is 0.422 e. The van der Waals surface area contributed by atoms with Crippen molar-refractivity contribution in [1.82, 2.24) is 19.4 Å². The first-order chi connectivity index (χ1) is 23.1. The Morgan fingerprint density at radius 2 is 1.74 bits per heavy atom. The van der Waals surface area contributed by atoms with Crippen LogP contribution in [0, 0.1) is 0 Å². The van der Waals surface area contributed by atoms with Crippen LogP contribution in [0.5, 0.6) is 17.4 Å². The van der Waals surface area contributed by atoms with Crippen molar-refractivity contribution in [2.45, 2.75) is 71.1 Å². The lowest BCUT2D eigenvalue weighted by molar-refractivity contribution is 0.0905. The number of aryl methyl sites for hydroxylation is 2. The van der Waals surface area contributed by atoms with Crippen LogP contribution in [0.25, 0.3) is 12.2 Å². The lowest BCUT2D eigenvalue weighted by Gasteiger charge is -2.40. The smallest absolute Gasteiger partial charge is 0.422 e. The van der Waals surface area contributed by atoms with E-state index in [9.17, 15) is 9.90 Å². The monoisotopic (exact) mass is 642 g/mol. The van der Waals surface area contributed by atoms with E-state index < -0.39 is 5.76 Å². The quantitative estimate of drug-likeness (QED) is 0.177. The molecule has 10 nitrogen and oxygen atoms in total. The van der Waals surface area contributed by atoms with Crippen molar-refractivity contribution < 1.29 is 23.4 Å². The molecule has 10 heteroatoms. The van der Waals surface area contributed by atoms with E-state index in [1.54, 1.807) is 6.26 Å². The summed E-state index contributed by atoms with van der Waals surface area (Å²) in [5, 5.41) is 10.9. The standard InChI is InChI=1S/C37H46N4O6/c1-2-44-34-25-29(11-14-32(34)45-26-30-27-46-35(38-30)16-13-28-9-5-3-6-10-28)12-15-33-36(42)41(37(43)47-33)24-23-39-21-17-31(18-22-39)40-19-7-4-8-20-40/h3,5-6,9-11,13-14,16,25,27,31,42H,2,4,7-8,12,15,17-24,26H2,1H3. The number of benzene rings is 2. The number of hydrogen-bond acceptors (Lipinski definition) is 9. The molecule has 0 saturated carbocycles. The first-order valence-electron chi connectivity index (χ1n) is 17.0. The minimum Gasteiger partial charge on any atom is -0.492 e. The van der Waals surface area contributed by atoms with Crippen LogP contribution < -0.4 is 15.2 Å². The van der Waals surface area contributed by atoms with Crippen molar-refractivity contribution in [3.05, 3.63) is 93.8 Å². The molecule has 0 spiro atoms. The van der Waals surface area contributed by atoms with Gasteiger partial charge in [0.2, 0.25) is 11.8 Å². The van der Waals surface area contributed by atoms with E-state index in [0.717, 1.165) is 30.8 Å². The lowest BCUT2D eigenvalue weighted by Crippen LogP contribution is -2.47. The Bertz CT molecular complexity index is 1640. The molecule has 250 valence electrons. The predicted octanol–water partition coefficient (Wildman–Crippen LogP) is 6.02. The van der Waals surface area contributed by atoms with E-state index in [4.69, 9.17) is 18.3 Å². The second kappa shape index (κ2) is 16.0. The third kappa shape index (κ3) is 8.75. The highest BCUT2D eigenvalue weighted by molar-refractivity contribution is 5.65. The molecular formula is C37H46N4O6. The van der Waals surface area contributed by atoms with E-state index in [-0.39, 0.29) is 12.5 Å². The van der Waals surface area contributed by atoms with Gasteiger partial charge in [-0.15, -0.1) is 0 Å². The fourth-order valence-corrected chi connectivity index (χ4v) is 6.54. The number of hydrogen-bond donors (Lipinski definition) is 1. The molecule has 0 bridgehead atoms. The molecule has 0 unspecified atom stereocenters. The molecule has 2 aromatic carbocycles. The molecule has 0 radical (unpaired) electrons. The van der Waals surface area contributed by atoms with Crippen LogP contribution in [0.15, 0.2) is 68.4 Å². The van der Waals surface area contributed by atoms with Gasteiger partial charge in [-0.1, -0.05) is 42.8 Å². The highest BCUT2D eigenvalue weighted by Gasteiger charge is 2.26. The zero-order valence-electron chi connectivity index (χ0n) is 27.3. The molecule has 2 aromatic heterocycles. The van der Waals surface area contributed by atoms with Gasteiger partial charge in [-0.05, 0) is 94.5 Å². The Balaban J connectivity index is 0.995. The third-order valence-electron chi connectivity index (χ3n) is 9.15. The van der Waals surface area contributed by atoms with Gasteiger partial charge < -0.3 is 33.2 Å². The zero-order chi connectivity index (χ0) is 32.4. The van der Waals surface area contributed by atoms with Gasteiger partial charge in [0.05, 0.1) is 6.61 Å². The minimum absolute atomic E-state index is 0.0752. The predicted molar refractivity (Wildman–Crippen MR) is 181 cm³/mol. The van der Waals surface area contributed by atoms with Crippen LogP contribution in [-0.2, 0) is 26.0 Å². The summed E-state index contributed by atoms with van der Waals surface area (Å²) in [6.45, 7) is 8.27. The summed E-state index contributed by atoms with van der Waals surface area (Å²) < 4.78 is 24.3. The Kier molecular flexibility index (Phi) is 11.1. The summed E-state index contributed by atoms with van der Waals surface area (Å²) in [7, 11) is 0. The second-order valence-electron chi connectivity index (χ2n) is 12.4. The first-order valence-corrected chi connectivity index (χ1v) is 17.0. The highest BCUT2D eigenvalue weighted by atomic mass is 16.5. The average molecular weight is 643 g/mol. The summed E-state index contributed by atoms with van der Waals surface area (Å²) in [4.78, 5) is 22.2. The number of piperidine rings is 2. The zero-order valence-corrected chi connectivity index (χ0v) is 27.3. The van der Waals surface area contributed by atoms with E-state index in [2.05, 4.69) is 14.8 Å². The van der Waals surface area contributed by atoms with Crippen LogP contribution in [0.2, 0.25) is 0 Å². The lowest BCUT2D eigenvalue weighted by atomic mass is 10.00. The number of aromatic nitrogens is 2. The third-order valence-corrected chi connectivity index (χ3v) is 9.15. The summed E-state index contributed by atoms with van der Waals surface area (Å²) in [5.41, 5.74) is 2.71. The Hall–Kier alpha value is -4.28. The first kappa shape index (κ1) is 32.7. The molecule has 2 aliphatic rings. The molecule has 4 aromatic rings. The average Bonchev–Trinajstić information content (AvgIpc) is 3.68. The molecule has 2 fully saturated rings. The topological polar surface area (TPSA) is 106 Å². The van der Waals surface area contributed by atoms with E-state index in [1.165, 1.54) is 49.8 Å². The van der Waals surface area contributed by atoms with Crippen molar-refractivity contribution >= 4 is 12.2 Å². The molecule has 0 amide bonds. The fourth-order valence-electron chi connectivity index (χ4n) is 6.54. The minimum atomic E-state index is -0.508. The molecule has 1 N–H and O–H groups in total. The number of aromatic hydroxyl groups is 1. The van der Waals surface area contributed by atoms with Crippen LogP contribution in [-0.4, -0.2) is 69.8 Å². The van der Waals surface area contributed by atoms with Crippen molar-refractivity contribution in [3.8, 4) is 17.4 Å². The van der Waals surface area contributed by atoms with Gasteiger partial charge in [0, 0.05) is 31.6 Å². The van der Waals surface area contributed by atoms with Gasteiger partial charge in [0.1, 0.15) is 18.6 Å². The van der Waals surface area contributed by atoms with Crippen molar-refractivity contribution in [3.63, 3.8) is 0 Å². The Labute approximate surface area is 276 Å². The number of ether oxygens (including phenoxy) is 2. The molecule has 0 aliphatic carbocycles. The van der Waals surface area contributed by atoms with Gasteiger partial charge in [-0.3, -0.25) is 0 Å². The van der Waals surface area contributed by atoms with Crippen molar-refractivity contribution in [2.75, 3.05) is 39.3 Å². The largest absolute Gasteiger partial charge is 0.492 e. The number of nitrogens with zero attached hydrogens (tertiary/aromatic N) is 4. The normalized spacial score (nSPS) is 16.6. The van der Waals surface area contributed by atoms with Gasteiger partial charge >= 0.3 is 5.76 Å². The highest BCUT2D eigenvalue weighted by Crippen LogP contribution is 2.30. The van der Waals surface area contributed by atoms with E-state index in [0.29, 0.717) is 60.9 Å². The number of oxazole rings is 2. The molecular weight excluding hydrogens is 596 g/mol. The van der Waals surface area contributed by atoms with Crippen LogP contribution in [0.1, 0.15) is 67.5 Å². The van der Waals surface area contributed by atoms with Gasteiger partial charge in [-0.25, -0.2) is 14.3 Å².